The Labute approximate surface area is 171 Å². The highest BCUT2D eigenvalue weighted by Gasteiger charge is 2.28. The molecule has 0 aliphatic rings. The molecular formula is C23H30N2O2S. The minimum absolute atomic E-state index is 0.221. The first-order valence-electron chi connectivity index (χ1n) is 9.57. The summed E-state index contributed by atoms with van der Waals surface area (Å²) in [6.07, 6.45) is 4.47. The number of aliphatic carboxylic acids is 1. The topological polar surface area (TPSA) is 73.2 Å². The van der Waals surface area contributed by atoms with Crippen molar-refractivity contribution >= 4 is 44.4 Å². The molecule has 0 saturated heterocycles. The van der Waals surface area contributed by atoms with Crippen molar-refractivity contribution in [1.82, 2.24) is 0 Å². The lowest BCUT2D eigenvalue weighted by atomic mass is 9.78. The quantitative estimate of drug-likeness (QED) is 0.230. The van der Waals surface area contributed by atoms with E-state index in [1.54, 1.807) is 17.4 Å². The van der Waals surface area contributed by atoms with Crippen molar-refractivity contribution in [2.75, 3.05) is 11.9 Å². The third-order valence-electron chi connectivity index (χ3n) is 5.31. The number of carbonyl (C=O) groups is 1. The smallest absolute Gasteiger partial charge is 0.303 e. The van der Waals surface area contributed by atoms with Crippen LogP contribution in [0.5, 0.6) is 0 Å². The van der Waals surface area contributed by atoms with Gasteiger partial charge in [0.05, 0.1) is 0 Å². The highest BCUT2D eigenvalue weighted by molar-refractivity contribution is 7.17. The fourth-order valence-corrected chi connectivity index (χ4v) is 4.12. The largest absolute Gasteiger partial charge is 0.481 e. The van der Waals surface area contributed by atoms with Gasteiger partial charge in [-0.25, -0.2) is 0 Å². The summed E-state index contributed by atoms with van der Waals surface area (Å²) in [5, 5.41) is 23.9. The minimum Gasteiger partial charge on any atom is -0.481 e. The van der Waals surface area contributed by atoms with Crippen molar-refractivity contribution in [3.63, 3.8) is 0 Å². The Morgan fingerprint density at radius 3 is 2.68 bits per heavy atom. The summed E-state index contributed by atoms with van der Waals surface area (Å²) < 4.78 is 1.17. The second-order valence-electron chi connectivity index (χ2n) is 7.62. The van der Waals surface area contributed by atoms with Gasteiger partial charge in [0.2, 0.25) is 0 Å². The summed E-state index contributed by atoms with van der Waals surface area (Å²) in [6, 6.07) is 4.26. The van der Waals surface area contributed by atoms with Crippen LogP contribution in [0.4, 0.5) is 5.69 Å². The van der Waals surface area contributed by atoms with Crippen LogP contribution in [0.2, 0.25) is 0 Å². The van der Waals surface area contributed by atoms with E-state index in [1.807, 2.05) is 6.92 Å². The molecule has 2 rings (SSSR count). The van der Waals surface area contributed by atoms with E-state index >= 15 is 0 Å². The third-order valence-corrected chi connectivity index (χ3v) is 6.26. The van der Waals surface area contributed by atoms with Gasteiger partial charge >= 0.3 is 5.97 Å². The van der Waals surface area contributed by atoms with Gasteiger partial charge in [-0.2, -0.15) is 0 Å². The molecule has 5 heteroatoms. The average molecular weight is 399 g/mol. The molecule has 0 aliphatic carbocycles. The Kier molecular flexibility index (Phi) is 7.19. The molecule has 0 atom stereocenters. The Morgan fingerprint density at radius 1 is 1.36 bits per heavy atom. The zero-order valence-electron chi connectivity index (χ0n) is 17.0. The number of rotatable bonds is 11. The molecule has 0 saturated carbocycles. The van der Waals surface area contributed by atoms with Gasteiger partial charge in [0.15, 0.2) is 0 Å². The molecule has 0 aliphatic heterocycles. The third kappa shape index (κ3) is 4.71. The molecule has 0 fully saturated rings. The number of thiophene rings is 1. The standard InChI is InChI=1S/C23H30N2O2S/c1-6-15(2)18-14-19(23(4,5)16(3)24)21(17-11-13-28-22(17)18)25-12-9-7-8-10-20(26)27/h6,11,13-14,24-25H,1-2,7-10,12H2,3-5H3,(H,26,27). The van der Waals surface area contributed by atoms with Crippen LogP contribution in [0.25, 0.3) is 15.7 Å². The normalized spacial score (nSPS) is 11.4. The number of carboxylic acid groups (broad SMARTS) is 1. The molecule has 0 amide bonds. The Hall–Kier alpha value is -2.40. The monoisotopic (exact) mass is 398 g/mol. The molecule has 0 radical (unpaired) electrons. The van der Waals surface area contributed by atoms with Gasteiger partial charge in [-0.05, 0) is 54.0 Å². The first kappa shape index (κ1) is 21.9. The molecular weight excluding hydrogens is 368 g/mol. The first-order valence-corrected chi connectivity index (χ1v) is 10.5. The predicted octanol–water partition coefficient (Wildman–Crippen LogP) is 6.47. The van der Waals surface area contributed by atoms with Crippen LogP contribution in [-0.2, 0) is 10.2 Å². The van der Waals surface area contributed by atoms with Gasteiger partial charge < -0.3 is 15.8 Å². The van der Waals surface area contributed by atoms with Crippen molar-refractivity contribution in [1.29, 1.82) is 5.41 Å². The van der Waals surface area contributed by atoms with E-state index in [4.69, 9.17) is 10.5 Å². The van der Waals surface area contributed by atoms with Crippen molar-refractivity contribution in [2.24, 2.45) is 0 Å². The molecule has 1 aromatic heterocycles. The van der Waals surface area contributed by atoms with Crippen LogP contribution in [0.15, 0.2) is 36.7 Å². The van der Waals surface area contributed by atoms with Gasteiger partial charge in [-0.15, -0.1) is 11.3 Å². The van der Waals surface area contributed by atoms with Gasteiger partial charge in [0.25, 0.3) is 0 Å². The van der Waals surface area contributed by atoms with E-state index < -0.39 is 11.4 Å². The van der Waals surface area contributed by atoms with E-state index in [-0.39, 0.29) is 6.42 Å². The van der Waals surface area contributed by atoms with E-state index in [2.05, 4.69) is 49.8 Å². The SMILES string of the molecule is C=CC(=C)c1cc(C(C)(C)C(C)=N)c(NCCCCCC(=O)O)c2ccsc12. The number of hydrogen-bond donors (Lipinski definition) is 3. The summed E-state index contributed by atoms with van der Waals surface area (Å²) in [6.45, 7) is 14.8. The number of nitrogens with one attached hydrogen (secondary N) is 2. The van der Waals surface area contributed by atoms with Crippen molar-refractivity contribution in [3.8, 4) is 0 Å². The molecule has 3 N–H and O–H groups in total. The number of carboxylic acids is 1. The van der Waals surface area contributed by atoms with Crippen LogP contribution in [0, 0.1) is 5.41 Å². The van der Waals surface area contributed by atoms with Gasteiger partial charge in [-0.3, -0.25) is 4.79 Å². The fourth-order valence-electron chi connectivity index (χ4n) is 3.17. The molecule has 28 heavy (non-hydrogen) atoms. The minimum atomic E-state index is -0.739. The second kappa shape index (κ2) is 9.20. The highest BCUT2D eigenvalue weighted by atomic mass is 32.1. The van der Waals surface area contributed by atoms with Crippen LogP contribution in [0.3, 0.4) is 0 Å². The van der Waals surface area contributed by atoms with Gasteiger partial charge in [0.1, 0.15) is 0 Å². The van der Waals surface area contributed by atoms with Crippen molar-refractivity contribution < 1.29 is 9.90 Å². The molecule has 2 aromatic rings. The van der Waals surface area contributed by atoms with Crippen LogP contribution in [-0.4, -0.2) is 23.3 Å². The molecule has 1 aromatic carbocycles. The molecule has 4 nitrogen and oxygen atoms in total. The van der Waals surface area contributed by atoms with Gasteiger partial charge in [0, 0.05) is 39.9 Å². The van der Waals surface area contributed by atoms with Crippen LogP contribution < -0.4 is 5.32 Å². The first-order chi connectivity index (χ1) is 13.2. The maximum Gasteiger partial charge on any atom is 0.303 e. The number of fused-ring (bicyclic) bond motifs is 1. The van der Waals surface area contributed by atoms with E-state index in [0.29, 0.717) is 12.1 Å². The molecule has 0 unspecified atom stereocenters. The number of allylic oxidation sites excluding steroid dienone is 2. The summed E-state index contributed by atoms with van der Waals surface area (Å²) in [5.41, 5.74) is 4.27. The maximum atomic E-state index is 10.7. The lowest BCUT2D eigenvalue weighted by Gasteiger charge is -2.29. The Morgan fingerprint density at radius 2 is 2.07 bits per heavy atom. The lowest BCUT2D eigenvalue weighted by molar-refractivity contribution is -0.137. The fraction of sp³-hybridized carbons (Fsp3) is 0.391. The highest BCUT2D eigenvalue weighted by Crippen LogP contribution is 2.42. The number of unbranched alkanes of at least 4 members (excludes halogenated alkanes) is 2. The van der Waals surface area contributed by atoms with E-state index in [9.17, 15) is 4.79 Å². The van der Waals surface area contributed by atoms with E-state index in [1.165, 1.54) is 4.70 Å². The Bertz CT molecular complexity index is 909. The van der Waals surface area contributed by atoms with Crippen molar-refractivity contribution in [3.05, 3.63) is 47.9 Å². The average Bonchev–Trinajstić information content (AvgIpc) is 3.12. The second-order valence-corrected chi connectivity index (χ2v) is 8.54. The van der Waals surface area contributed by atoms with E-state index in [0.717, 1.165) is 47.2 Å². The van der Waals surface area contributed by atoms with Crippen LogP contribution in [0.1, 0.15) is 57.6 Å². The molecule has 1 heterocycles. The zero-order chi connectivity index (χ0) is 20.9. The molecule has 0 bridgehead atoms. The number of anilines is 1. The summed E-state index contributed by atoms with van der Waals surface area (Å²) in [4.78, 5) is 10.7. The van der Waals surface area contributed by atoms with Crippen LogP contribution >= 0.6 is 11.3 Å². The number of hydrogen-bond acceptors (Lipinski definition) is 4. The molecule has 150 valence electrons. The number of benzene rings is 1. The summed E-state index contributed by atoms with van der Waals surface area (Å²) in [7, 11) is 0. The predicted molar refractivity (Wildman–Crippen MR) is 122 cm³/mol. The Balaban J connectivity index is 2.41. The zero-order valence-corrected chi connectivity index (χ0v) is 17.8. The lowest BCUT2D eigenvalue weighted by Crippen LogP contribution is -2.27. The summed E-state index contributed by atoms with van der Waals surface area (Å²) >= 11 is 1.68. The summed E-state index contributed by atoms with van der Waals surface area (Å²) in [5.74, 6) is -0.739. The van der Waals surface area contributed by atoms with Gasteiger partial charge in [-0.1, -0.05) is 39.5 Å². The molecule has 0 spiro atoms. The maximum absolute atomic E-state index is 10.7. The van der Waals surface area contributed by atoms with Crippen molar-refractivity contribution in [2.45, 2.75) is 51.9 Å².